The van der Waals surface area contributed by atoms with Crippen LogP contribution in [0.3, 0.4) is 0 Å². The number of ether oxygens (including phenoxy) is 4. The van der Waals surface area contributed by atoms with E-state index in [1.165, 1.54) is 4.90 Å². The molecule has 5 aliphatic rings. The van der Waals surface area contributed by atoms with Gasteiger partial charge in [-0.2, -0.15) is 0 Å². The van der Waals surface area contributed by atoms with Gasteiger partial charge in [0.1, 0.15) is 23.4 Å². The van der Waals surface area contributed by atoms with E-state index < -0.39 is 11.9 Å². The fourth-order valence-corrected chi connectivity index (χ4v) is 9.00. The molecule has 5 fully saturated rings. The minimum absolute atomic E-state index is 0.0378. The normalized spacial score (nSPS) is 48.6. The van der Waals surface area contributed by atoms with E-state index in [1.807, 2.05) is 18.2 Å². The van der Waals surface area contributed by atoms with Crippen molar-refractivity contribution in [1.29, 1.82) is 0 Å². The molecule has 5 heterocycles. The van der Waals surface area contributed by atoms with Crippen molar-refractivity contribution in [3.8, 4) is 0 Å². The van der Waals surface area contributed by atoms with Crippen LogP contribution >= 0.6 is 11.8 Å². The molecule has 7 heteroatoms. The summed E-state index contributed by atoms with van der Waals surface area (Å²) in [7, 11) is 0. The Labute approximate surface area is 232 Å². The molecule has 5 saturated heterocycles. The van der Waals surface area contributed by atoms with Crippen LogP contribution in [0.4, 0.5) is 0 Å². The lowest BCUT2D eigenvalue weighted by Crippen LogP contribution is -2.60. The molecular formula is C31H45NO5S. The van der Waals surface area contributed by atoms with Crippen molar-refractivity contribution in [2.75, 3.05) is 6.54 Å². The molecule has 0 aliphatic carbocycles. The van der Waals surface area contributed by atoms with Crippen molar-refractivity contribution in [2.24, 2.45) is 29.6 Å². The number of hydrogen-bond acceptors (Lipinski definition) is 7. The first-order valence-corrected chi connectivity index (χ1v) is 15.7. The molecule has 1 aromatic carbocycles. The number of thioether (sulfide) groups is 1. The zero-order valence-corrected chi connectivity index (χ0v) is 24.4. The molecular weight excluding hydrogens is 498 g/mol. The number of hydrogen-bond donors (Lipinski definition) is 1. The molecule has 1 aromatic rings. The van der Waals surface area contributed by atoms with Crippen molar-refractivity contribution >= 4 is 17.5 Å². The second-order valence-electron chi connectivity index (χ2n) is 13.3. The van der Waals surface area contributed by atoms with Gasteiger partial charge in [-0.25, -0.2) is 0 Å². The number of benzene rings is 1. The summed E-state index contributed by atoms with van der Waals surface area (Å²) < 4.78 is 26.8. The average Bonchev–Trinajstić information content (AvgIpc) is 3.23. The number of fused-ring (bicyclic) bond motifs is 4. The number of rotatable bonds is 5. The Bertz CT molecular complexity index is 1010. The lowest BCUT2D eigenvalue weighted by atomic mass is 9.80. The number of ketones is 1. The van der Waals surface area contributed by atoms with Gasteiger partial charge >= 0.3 is 0 Å². The number of carbonyl (C=O) groups excluding carboxylic acids is 1. The highest BCUT2D eigenvalue weighted by molar-refractivity contribution is 7.99. The molecule has 1 N–H and O–H groups in total. The van der Waals surface area contributed by atoms with E-state index in [0.717, 1.165) is 38.6 Å². The molecule has 6 nitrogen and oxygen atoms in total. The number of Topliss-reactive ketones (excluding diaryl/α,β-unsaturated/α-hetero) is 1. The fraction of sp³-hybridized carbons (Fsp3) is 0.774. The zero-order chi connectivity index (χ0) is 26.7. The van der Waals surface area contributed by atoms with Gasteiger partial charge in [-0.1, -0.05) is 64.6 Å². The summed E-state index contributed by atoms with van der Waals surface area (Å²) in [4.78, 5) is 15.1. The monoisotopic (exact) mass is 543 g/mol. The van der Waals surface area contributed by atoms with E-state index in [4.69, 9.17) is 18.9 Å². The van der Waals surface area contributed by atoms with Crippen molar-refractivity contribution in [3.63, 3.8) is 0 Å². The molecule has 2 bridgehead atoms. The summed E-state index contributed by atoms with van der Waals surface area (Å²) in [5.74, 6) is 1.24. The summed E-state index contributed by atoms with van der Waals surface area (Å²) in [5.41, 5.74) is -0.393. The van der Waals surface area contributed by atoms with Crippen LogP contribution in [0.15, 0.2) is 35.2 Å². The van der Waals surface area contributed by atoms with Gasteiger partial charge in [-0.3, -0.25) is 10.1 Å². The van der Waals surface area contributed by atoms with Gasteiger partial charge in [0, 0.05) is 24.3 Å². The molecule has 210 valence electrons. The van der Waals surface area contributed by atoms with Crippen LogP contribution in [-0.4, -0.2) is 53.7 Å². The minimum Gasteiger partial charge on any atom is -0.356 e. The number of piperidine rings is 1. The van der Waals surface area contributed by atoms with Crippen molar-refractivity contribution < 1.29 is 23.7 Å². The maximum atomic E-state index is 13.9. The highest BCUT2D eigenvalue weighted by Crippen LogP contribution is 2.52. The standard InChI is InChI=1S/C31H45NO5S/c1-18-12-25-28-26(16-31(37-28)22(5)11-19(2)17-32-31)36-30(14-18,35-25)15-24(33)27-20(3)13-21(4)29(34-27)38-23-9-7-6-8-10-23/h6-10,18-22,25-29,32H,11-17H2,1-5H3/t18-,19+,20-,21+,22-,25-,26+,27-,28+,29-,30-,31-/m1/s1. The van der Waals surface area contributed by atoms with Gasteiger partial charge in [0.2, 0.25) is 0 Å². The second kappa shape index (κ2) is 10.5. The van der Waals surface area contributed by atoms with Gasteiger partial charge in [0.15, 0.2) is 11.6 Å². The molecule has 5 aliphatic heterocycles. The van der Waals surface area contributed by atoms with Gasteiger partial charge < -0.3 is 18.9 Å². The second-order valence-corrected chi connectivity index (χ2v) is 14.4. The Balaban J connectivity index is 1.17. The Morgan fingerprint density at radius 3 is 2.45 bits per heavy atom. The first kappa shape index (κ1) is 27.2. The van der Waals surface area contributed by atoms with Crippen LogP contribution < -0.4 is 5.32 Å². The third-order valence-corrected chi connectivity index (χ3v) is 11.0. The quantitative estimate of drug-likeness (QED) is 0.505. The van der Waals surface area contributed by atoms with Crippen LogP contribution in [0.2, 0.25) is 0 Å². The smallest absolute Gasteiger partial charge is 0.176 e. The molecule has 0 saturated carbocycles. The van der Waals surface area contributed by atoms with Crippen LogP contribution in [0, 0.1) is 29.6 Å². The largest absolute Gasteiger partial charge is 0.356 e. The van der Waals surface area contributed by atoms with Gasteiger partial charge in [-0.05, 0) is 61.0 Å². The lowest BCUT2D eigenvalue weighted by molar-refractivity contribution is -0.363. The summed E-state index contributed by atoms with van der Waals surface area (Å²) in [5, 5.41) is 3.73. The summed E-state index contributed by atoms with van der Waals surface area (Å²) >= 11 is 1.72. The molecule has 0 amide bonds. The van der Waals surface area contributed by atoms with Crippen LogP contribution in [0.1, 0.15) is 73.1 Å². The third-order valence-electron chi connectivity index (χ3n) is 9.67. The number of nitrogens with one attached hydrogen (secondary N) is 1. The van der Waals surface area contributed by atoms with Crippen molar-refractivity contribution in [1.82, 2.24) is 5.32 Å². The molecule has 6 rings (SSSR count). The molecule has 38 heavy (non-hydrogen) atoms. The molecule has 0 aromatic heterocycles. The van der Waals surface area contributed by atoms with Crippen molar-refractivity contribution in [2.45, 2.75) is 119 Å². The molecule has 0 unspecified atom stereocenters. The average molecular weight is 544 g/mol. The Kier molecular flexibility index (Phi) is 7.49. The van der Waals surface area contributed by atoms with Crippen LogP contribution in [0.5, 0.6) is 0 Å². The summed E-state index contributed by atoms with van der Waals surface area (Å²) in [6.07, 6.45) is 4.27. The fourth-order valence-electron chi connectivity index (χ4n) is 7.90. The lowest BCUT2D eigenvalue weighted by Gasteiger charge is -2.51. The Hall–Kier alpha value is -0.960. The maximum absolute atomic E-state index is 13.9. The van der Waals surface area contributed by atoms with E-state index in [-0.39, 0.29) is 47.6 Å². The highest BCUT2D eigenvalue weighted by atomic mass is 32.2. The summed E-state index contributed by atoms with van der Waals surface area (Å²) in [6.45, 7) is 12.2. The highest BCUT2D eigenvalue weighted by Gasteiger charge is 2.62. The molecule has 12 atom stereocenters. The van der Waals surface area contributed by atoms with E-state index in [0.29, 0.717) is 23.7 Å². The molecule has 1 spiro atoms. The van der Waals surface area contributed by atoms with E-state index in [9.17, 15) is 4.79 Å². The Morgan fingerprint density at radius 2 is 1.68 bits per heavy atom. The maximum Gasteiger partial charge on any atom is 0.176 e. The van der Waals surface area contributed by atoms with Crippen LogP contribution in [0.25, 0.3) is 0 Å². The van der Waals surface area contributed by atoms with Gasteiger partial charge in [-0.15, -0.1) is 0 Å². The van der Waals surface area contributed by atoms with Crippen molar-refractivity contribution in [3.05, 3.63) is 30.3 Å². The van der Waals surface area contributed by atoms with E-state index in [1.54, 1.807) is 11.8 Å². The Morgan fingerprint density at radius 1 is 0.921 bits per heavy atom. The molecule has 0 radical (unpaired) electrons. The topological polar surface area (TPSA) is 66.0 Å². The zero-order valence-electron chi connectivity index (χ0n) is 23.6. The van der Waals surface area contributed by atoms with Gasteiger partial charge in [0.05, 0.1) is 18.6 Å². The van der Waals surface area contributed by atoms with E-state index >= 15 is 0 Å². The predicted molar refractivity (Wildman–Crippen MR) is 148 cm³/mol. The van der Waals surface area contributed by atoms with Gasteiger partial charge in [0.25, 0.3) is 0 Å². The van der Waals surface area contributed by atoms with Crippen LogP contribution in [-0.2, 0) is 23.7 Å². The minimum atomic E-state index is -0.880. The SMILES string of the molecule is C[C@@H]1CN[C@@]2(C[C@@H]3O[C@@]4(CC(=O)[C@@H]5O[C@H](Sc6ccccc6)[C@@H](C)C[C@H]5C)C[C@H](C)C[C@@H](O4)[C@@H]3O2)[C@H](C)C1. The predicted octanol–water partition coefficient (Wildman–Crippen LogP) is 5.79. The third kappa shape index (κ3) is 5.12. The first-order valence-electron chi connectivity index (χ1n) is 14.8. The van der Waals surface area contributed by atoms with E-state index in [2.05, 4.69) is 52.1 Å². The number of carbonyl (C=O) groups is 1. The first-order chi connectivity index (χ1) is 18.2. The summed E-state index contributed by atoms with van der Waals surface area (Å²) in [6, 6.07) is 10.3.